The van der Waals surface area contributed by atoms with Crippen LogP contribution in [-0.4, -0.2) is 46.6 Å². The first kappa shape index (κ1) is 17.4. The first-order valence-electron chi connectivity index (χ1n) is 6.94. The van der Waals surface area contributed by atoms with Gasteiger partial charge in [0, 0.05) is 11.6 Å². The summed E-state index contributed by atoms with van der Waals surface area (Å²) in [6.07, 6.45) is 1.71. The third-order valence-electron chi connectivity index (χ3n) is 3.36. The fourth-order valence-electron chi connectivity index (χ4n) is 1.80. The Labute approximate surface area is 124 Å². The van der Waals surface area contributed by atoms with Crippen molar-refractivity contribution < 1.29 is 29.3 Å². The zero-order chi connectivity index (χ0) is 16.0. The van der Waals surface area contributed by atoms with Crippen LogP contribution in [0.15, 0.2) is 23.8 Å². The molecule has 6 nitrogen and oxygen atoms in total. The molecule has 0 aromatic carbocycles. The maximum Gasteiger partial charge on any atom is 0.334 e. The molecule has 118 valence electrons. The molecule has 0 aromatic rings. The van der Waals surface area contributed by atoms with E-state index in [-0.39, 0.29) is 12.8 Å². The number of allylic oxidation sites excluding steroid dienone is 1. The number of aliphatic hydroxyl groups excluding tert-OH is 2. The Kier molecular flexibility index (Phi) is 6.58. The summed E-state index contributed by atoms with van der Waals surface area (Å²) in [6.45, 7) is 4.83. The number of hydrogen-bond donors (Lipinski definition) is 2. The molecule has 6 heteroatoms. The van der Waals surface area contributed by atoms with Gasteiger partial charge in [0.15, 0.2) is 6.10 Å². The molecule has 0 fully saturated rings. The molecular weight excluding hydrogens is 276 g/mol. The lowest BCUT2D eigenvalue weighted by molar-refractivity contribution is -0.162. The van der Waals surface area contributed by atoms with E-state index < -0.39 is 36.4 Å². The monoisotopic (exact) mass is 298 g/mol. The van der Waals surface area contributed by atoms with Crippen molar-refractivity contribution >= 4 is 11.9 Å². The average Bonchev–Trinajstić information content (AvgIpc) is 2.45. The van der Waals surface area contributed by atoms with Crippen molar-refractivity contribution in [2.45, 2.75) is 58.0 Å². The largest absolute Gasteiger partial charge is 0.455 e. The number of aliphatic hydroxyl groups is 2. The second kappa shape index (κ2) is 7.95. The van der Waals surface area contributed by atoms with Crippen LogP contribution in [0.5, 0.6) is 0 Å². The Balaban J connectivity index is 2.67. The lowest BCUT2D eigenvalue weighted by Crippen LogP contribution is -2.38. The molecule has 0 radical (unpaired) electrons. The predicted octanol–water partition coefficient (Wildman–Crippen LogP) is 0.868. The van der Waals surface area contributed by atoms with E-state index in [1.807, 2.05) is 0 Å². The highest BCUT2D eigenvalue weighted by atomic mass is 16.6. The molecule has 0 spiro atoms. The van der Waals surface area contributed by atoms with Gasteiger partial charge in [-0.3, -0.25) is 0 Å². The van der Waals surface area contributed by atoms with Crippen LogP contribution in [0.2, 0.25) is 0 Å². The van der Waals surface area contributed by atoms with Crippen LogP contribution < -0.4 is 0 Å². The number of hydrogen-bond acceptors (Lipinski definition) is 6. The van der Waals surface area contributed by atoms with E-state index in [2.05, 4.69) is 0 Å². The van der Waals surface area contributed by atoms with Crippen LogP contribution >= 0.6 is 0 Å². The number of carbonyl (C=O) groups is 2. The summed E-state index contributed by atoms with van der Waals surface area (Å²) in [4.78, 5) is 23.1. The smallest absolute Gasteiger partial charge is 0.334 e. The van der Waals surface area contributed by atoms with Gasteiger partial charge in [-0.05, 0) is 39.7 Å². The van der Waals surface area contributed by atoms with Crippen molar-refractivity contribution in [1.29, 1.82) is 0 Å². The van der Waals surface area contributed by atoms with Gasteiger partial charge in [0.05, 0.1) is 12.2 Å². The molecule has 0 saturated carbocycles. The van der Waals surface area contributed by atoms with Crippen molar-refractivity contribution in [2.75, 3.05) is 0 Å². The van der Waals surface area contributed by atoms with Gasteiger partial charge in [-0.1, -0.05) is 6.08 Å². The molecule has 1 aliphatic heterocycles. The van der Waals surface area contributed by atoms with Gasteiger partial charge in [0.2, 0.25) is 0 Å². The van der Waals surface area contributed by atoms with Crippen molar-refractivity contribution in [1.82, 2.24) is 0 Å². The number of ether oxygens (including phenoxy) is 2. The second-order valence-corrected chi connectivity index (χ2v) is 5.06. The maximum atomic E-state index is 11.8. The van der Waals surface area contributed by atoms with E-state index in [1.54, 1.807) is 19.9 Å². The van der Waals surface area contributed by atoms with Gasteiger partial charge < -0.3 is 19.7 Å². The van der Waals surface area contributed by atoms with Gasteiger partial charge in [0.25, 0.3) is 0 Å². The van der Waals surface area contributed by atoms with Crippen molar-refractivity contribution in [3.63, 3.8) is 0 Å². The predicted molar refractivity (Wildman–Crippen MR) is 75.3 cm³/mol. The second-order valence-electron chi connectivity index (χ2n) is 5.06. The van der Waals surface area contributed by atoms with E-state index >= 15 is 0 Å². The average molecular weight is 298 g/mol. The number of esters is 2. The molecule has 0 aromatic heterocycles. The minimum absolute atomic E-state index is 0.236. The third kappa shape index (κ3) is 5.32. The number of cyclic esters (lactones) is 1. The topological polar surface area (TPSA) is 93.1 Å². The lowest BCUT2D eigenvalue weighted by Gasteiger charge is -2.28. The van der Waals surface area contributed by atoms with Crippen LogP contribution in [0.3, 0.4) is 0 Å². The van der Waals surface area contributed by atoms with Crippen LogP contribution in [0.1, 0.15) is 33.6 Å². The maximum absolute atomic E-state index is 11.8. The van der Waals surface area contributed by atoms with Gasteiger partial charge in [-0.2, -0.15) is 0 Å². The zero-order valence-corrected chi connectivity index (χ0v) is 12.5. The van der Waals surface area contributed by atoms with E-state index in [1.165, 1.54) is 19.1 Å². The highest BCUT2D eigenvalue weighted by Crippen LogP contribution is 2.20. The molecule has 0 aliphatic carbocycles. The Morgan fingerprint density at radius 2 is 2.19 bits per heavy atom. The molecule has 1 aliphatic rings. The normalized spacial score (nSPS) is 25.2. The summed E-state index contributed by atoms with van der Waals surface area (Å²) in [6, 6.07) is 0. The lowest BCUT2D eigenvalue weighted by atomic mass is 10.0. The van der Waals surface area contributed by atoms with E-state index in [9.17, 15) is 19.8 Å². The molecule has 0 unspecified atom stereocenters. The van der Waals surface area contributed by atoms with E-state index in [0.717, 1.165) is 0 Å². The Bertz CT molecular complexity index is 437. The highest BCUT2D eigenvalue weighted by Gasteiger charge is 2.30. The highest BCUT2D eigenvalue weighted by molar-refractivity contribution is 5.88. The minimum atomic E-state index is -0.914. The molecule has 1 heterocycles. The van der Waals surface area contributed by atoms with Crippen LogP contribution in [0, 0.1) is 0 Å². The Hall–Kier alpha value is -1.66. The van der Waals surface area contributed by atoms with Crippen LogP contribution in [0.25, 0.3) is 0 Å². The fraction of sp³-hybridized carbons (Fsp3) is 0.600. The van der Waals surface area contributed by atoms with Gasteiger partial charge in [-0.15, -0.1) is 0 Å². The molecule has 0 amide bonds. The molecule has 21 heavy (non-hydrogen) atoms. The van der Waals surface area contributed by atoms with Crippen molar-refractivity contribution in [3.05, 3.63) is 23.8 Å². The number of carbonyl (C=O) groups excluding carboxylic acids is 2. The summed E-state index contributed by atoms with van der Waals surface area (Å²) in [5.74, 6) is -0.993. The molecule has 0 bridgehead atoms. The summed E-state index contributed by atoms with van der Waals surface area (Å²) in [5.41, 5.74) is 0.461. The van der Waals surface area contributed by atoms with Crippen LogP contribution in [-0.2, 0) is 19.1 Å². The van der Waals surface area contributed by atoms with E-state index in [4.69, 9.17) is 9.47 Å². The summed E-state index contributed by atoms with van der Waals surface area (Å²) in [5, 5.41) is 18.8. The fourth-order valence-corrected chi connectivity index (χ4v) is 1.80. The summed E-state index contributed by atoms with van der Waals surface area (Å²) in [7, 11) is 0. The molecule has 4 atom stereocenters. The standard InChI is InChI=1S/C15H22O6/c1-4-9(2)15(19)21-13-7-8-14(18)20-12(13)6-5-11(17)10(3)16/h4,7-8,10-13,16-17H,5-6H2,1-3H3/b9-4+/t10-,11-,12+,13-/m0/s1. The molecule has 2 N–H and O–H groups in total. The quantitative estimate of drug-likeness (QED) is 0.558. The van der Waals surface area contributed by atoms with E-state index in [0.29, 0.717) is 5.57 Å². The van der Waals surface area contributed by atoms with Gasteiger partial charge >= 0.3 is 11.9 Å². The van der Waals surface area contributed by atoms with Crippen molar-refractivity contribution in [3.8, 4) is 0 Å². The van der Waals surface area contributed by atoms with Gasteiger partial charge in [0.1, 0.15) is 6.10 Å². The zero-order valence-electron chi connectivity index (χ0n) is 12.5. The molecular formula is C15H22O6. The summed E-state index contributed by atoms with van der Waals surface area (Å²) >= 11 is 0. The molecule has 0 saturated heterocycles. The third-order valence-corrected chi connectivity index (χ3v) is 3.36. The summed E-state index contributed by atoms with van der Waals surface area (Å²) < 4.78 is 10.4. The SMILES string of the molecule is C/C=C(\C)C(=O)O[C@H]1C=CC(=O)O[C@@H]1CC[C@H](O)[C@H](C)O. The molecule has 1 rings (SSSR count). The first-order valence-corrected chi connectivity index (χ1v) is 6.94. The Morgan fingerprint density at radius 1 is 1.52 bits per heavy atom. The van der Waals surface area contributed by atoms with Crippen molar-refractivity contribution in [2.24, 2.45) is 0 Å². The van der Waals surface area contributed by atoms with Gasteiger partial charge in [-0.25, -0.2) is 9.59 Å². The number of rotatable bonds is 6. The Morgan fingerprint density at radius 3 is 2.76 bits per heavy atom. The first-order chi connectivity index (χ1) is 9.85. The minimum Gasteiger partial charge on any atom is -0.455 e. The van der Waals surface area contributed by atoms with Crippen LogP contribution in [0.4, 0.5) is 0 Å².